The predicted octanol–water partition coefficient (Wildman–Crippen LogP) is 2.84. The number of hydrogen-bond acceptors (Lipinski definition) is 2. The molecule has 0 aliphatic rings. The molecule has 0 saturated heterocycles. The van der Waals surface area contributed by atoms with E-state index in [1.807, 2.05) is 13.8 Å². The van der Waals surface area contributed by atoms with Gasteiger partial charge in [0.1, 0.15) is 0 Å². The summed E-state index contributed by atoms with van der Waals surface area (Å²) in [5.41, 5.74) is 5.85. The van der Waals surface area contributed by atoms with E-state index >= 15 is 0 Å². The molecule has 0 saturated carbocycles. The molecule has 0 aromatic heterocycles. The first-order chi connectivity index (χ1) is 8.51. The van der Waals surface area contributed by atoms with Gasteiger partial charge in [-0.25, -0.2) is 13.2 Å². The molecule has 0 aliphatic carbocycles. The van der Waals surface area contributed by atoms with Gasteiger partial charge in [0.05, 0.1) is 0 Å². The highest BCUT2D eigenvalue weighted by molar-refractivity contribution is 5.23. The molecule has 0 spiro atoms. The number of hydrogen-bond donors (Lipinski definition) is 1. The third kappa shape index (κ3) is 3.46. The Bertz CT molecular complexity index is 392. The fourth-order valence-corrected chi connectivity index (χ4v) is 1.84. The molecule has 18 heavy (non-hydrogen) atoms. The van der Waals surface area contributed by atoms with Crippen molar-refractivity contribution < 1.29 is 13.2 Å². The fraction of sp³-hybridized carbons (Fsp3) is 0.538. The van der Waals surface area contributed by atoms with Gasteiger partial charge < -0.3 is 10.6 Å². The van der Waals surface area contributed by atoms with Crippen molar-refractivity contribution in [2.45, 2.75) is 26.3 Å². The van der Waals surface area contributed by atoms with E-state index in [1.165, 1.54) is 6.07 Å². The van der Waals surface area contributed by atoms with Crippen LogP contribution in [0.3, 0.4) is 0 Å². The van der Waals surface area contributed by atoms with Crippen LogP contribution in [0.15, 0.2) is 12.1 Å². The van der Waals surface area contributed by atoms with Crippen molar-refractivity contribution >= 4 is 0 Å². The van der Waals surface area contributed by atoms with Gasteiger partial charge in [-0.15, -0.1) is 0 Å². The molecule has 0 aliphatic heterocycles. The molecule has 1 unspecified atom stereocenters. The lowest BCUT2D eigenvalue weighted by atomic mass is 10.0. The lowest BCUT2D eigenvalue weighted by Crippen LogP contribution is -2.27. The molecule has 2 N–H and O–H groups in total. The Balaban J connectivity index is 2.73. The molecule has 2 nitrogen and oxygen atoms in total. The third-order valence-corrected chi connectivity index (χ3v) is 3.12. The van der Waals surface area contributed by atoms with Gasteiger partial charge >= 0.3 is 0 Å². The molecule has 0 radical (unpaired) electrons. The Labute approximate surface area is 106 Å². The average Bonchev–Trinajstić information content (AvgIpc) is 2.37. The monoisotopic (exact) mass is 260 g/mol. The van der Waals surface area contributed by atoms with Crippen LogP contribution >= 0.6 is 0 Å². The second-order valence-electron chi connectivity index (χ2n) is 4.19. The number of benzene rings is 1. The minimum atomic E-state index is -1.45. The molecule has 1 rings (SSSR count). The molecule has 1 aromatic rings. The van der Waals surface area contributed by atoms with Crippen molar-refractivity contribution in [3.8, 4) is 0 Å². The van der Waals surface area contributed by atoms with Gasteiger partial charge in [0.2, 0.25) is 0 Å². The first-order valence-corrected chi connectivity index (χ1v) is 6.12. The van der Waals surface area contributed by atoms with Crippen molar-refractivity contribution in [2.24, 2.45) is 5.73 Å². The highest BCUT2D eigenvalue weighted by Gasteiger charge is 2.18. The minimum absolute atomic E-state index is 0.0288. The standard InChI is InChI=1S/C13H19F3N2/c1-3-18(4-2)8-7-11(17)9-5-6-10(14)13(16)12(9)15/h5-6,11H,3-4,7-8,17H2,1-2H3. The van der Waals surface area contributed by atoms with Gasteiger partial charge in [-0.2, -0.15) is 0 Å². The van der Waals surface area contributed by atoms with Crippen LogP contribution in [0, 0.1) is 17.5 Å². The Morgan fingerprint density at radius 1 is 1.11 bits per heavy atom. The SMILES string of the molecule is CCN(CC)CCC(N)c1ccc(F)c(F)c1F. The predicted molar refractivity (Wildman–Crippen MR) is 65.6 cm³/mol. The van der Waals surface area contributed by atoms with Gasteiger partial charge in [0.15, 0.2) is 17.5 Å². The number of rotatable bonds is 6. The summed E-state index contributed by atoms with van der Waals surface area (Å²) in [4.78, 5) is 2.14. The van der Waals surface area contributed by atoms with E-state index < -0.39 is 23.5 Å². The summed E-state index contributed by atoms with van der Waals surface area (Å²) >= 11 is 0. The van der Waals surface area contributed by atoms with E-state index in [-0.39, 0.29) is 5.56 Å². The van der Waals surface area contributed by atoms with E-state index in [2.05, 4.69) is 4.90 Å². The molecule has 1 atom stereocenters. The zero-order valence-electron chi connectivity index (χ0n) is 10.7. The molecular formula is C13H19F3N2. The van der Waals surface area contributed by atoms with Gasteiger partial charge in [0, 0.05) is 11.6 Å². The highest BCUT2D eigenvalue weighted by Crippen LogP contribution is 2.22. The van der Waals surface area contributed by atoms with Gasteiger partial charge in [0.25, 0.3) is 0 Å². The molecule has 0 bridgehead atoms. The Morgan fingerprint density at radius 2 is 1.72 bits per heavy atom. The smallest absolute Gasteiger partial charge is 0.194 e. The minimum Gasteiger partial charge on any atom is -0.324 e. The van der Waals surface area contributed by atoms with E-state index in [0.29, 0.717) is 13.0 Å². The summed E-state index contributed by atoms with van der Waals surface area (Å²) < 4.78 is 39.3. The topological polar surface area (TPSA) is 29.3 Å². The van der Waals surface area contributed by atoms with Crippen molar-refractivity contribution in [3.05, 3.63) is 35.1 Å². The first kappa shape index (κ1) is 15.0. The summed E-state index contributed by atoms with van der Waals surface area (Å²) in [6, 6.07) is 1.49. The number of halogens is 3. The van der Waals surface area contributed by atoms with Crippen LogP contribution in [0.4, 0.5) is 13.2 Å². The second-order valence-corrected chi connectivity index (χ2v) is 4.19. The van der Waals surface area contributed by atoms with Crippen LogP contribution in [0.5, 0.6) is 0 Å². The van der Waals surface area contributed by atoms with Crippen LogP contribution in [0.1, 0.15) is 31.9 Å². The lowest BCUT2D eigenvalue weighted by Gasteiger charge is -2.21. The van der Waals surface area contributed by atoms with E-state index in [1.54, 1.807) is 0 Å². The van der Waals surface area contributed by atoms with Crippen molar-refractivity contribution in [1.82, 2.24) is 4.90 Å². The molecule has 0 amide bonds. The highest BCUT2D eigenvalue weighted by atomic mass is 19.2. The fourth-order valence-electron chi connectivity index (χ4n) is 1.84. The molecule has 5 heteroatoms. The maximum Gasteiger partial charge on any atom is 0.194 e. The second kappa shape index (κ2) is 6.75. The number of nitrogens with zero attached hydrogens (tertiary/aromatic N) is 1. The molecule has 102 valence electrons. The Morgan fingerprint density at radius 3 is 2.28 bits per heavy atom. The van der Waals surface area contributed by atoms with Crippen LogP contribution < -0.4 is 5.73 Å². The maximum atomic E-state index is 13.5. The van der Waals surface area contributed by atoms with Crippen LogP contribution in [-0.2, 0) is 0 Å². The molecule has 1 aromatic carbocycles. The zero-order valence-corrected chi connectivity index (χ0v) is 10.7. The lowest BCUT2D eigenvalue weighted by molar-refractivity contribution is 0.289. The van der Waals surface area contributed by atoms with Crippen molar-refractivity contribution in [1.29, 1.82) is 0 Å². The average molecular weight is 260 g/mol. The van der Waals surface area contributed by atoms with E-state index in [0.717, 1.165) is 19.2 Å². The summed E-state index contributed by atoms with van der Waals surface area (Å²) in [6.45, 7) is 6.50. The largest absolute Gasteiger partial charge is 0.324 e. The Hall–Kier alpha value is -1.07. The normalized spacial score (nSPS) is 13.1. The molecule has 0 heterocycles. The van der Waals surface area contributed by atoms with Gasteiger partial charge in [-0.05, 0) is 32.1 Å². The van der Waals surface area contributed by atoms with E-state index in [4.69, 9.17) is 5.73 Å². The zero-order chi connectivity index (χ0) is 13.7. The van der Waals surface area contributed by atoms with Crippen LogP contribution in [0.25, 0.3) is 0 Å². The molecule has 0 fully saturated rings. The number of nitrogens with two attached hydrogens (primary N) is 1. The van der Waals surface area contributed by atoms with Crippen molar-refractivity contribution in [2.75, 3.05) is 19.6 Å². The quantitative estimate of drug-likeness (QED) is 0.797. The summed E-state index contributed by atoms with van der Waals surface area (Å²) in [7, 11) is 0. The summed E-state index contributed by atoms with van der Waals surface area (Å²) in [5, 5.41) is 0. The maximum absolute atomic E-state index is 13.5. The van der Waals surface area contributed by atoms with Gasteiger partial charge in [-0.3, -0.25) is 0 Å². The molecular weight excluding hydrogens is 241 g/mol. The summed E-state index contributed by atoms with van der Waals surface area (Å²) in [6.07, 6.45) is 0.504. The first-order valence-electron chi connectivity index (χ1n) is 6.12. The van der Waals surface area contributed by atoms with Gasteiger partial charge in [-0.1, -0.05) is 19.9 Å². The van der Waals surface area contributed by atoms with E-state index in [9.17, 15) is 13.2 Å². The van der Waals surface area contributed by atoms with Crippen LogP contribution in [0.2, 0.25) is 0 Å². The van der Waals surface area contributed by atoms with Crippen LogP contribution in [-0.4, -0.2) is 24.5 Å². The third-order valence-electron chi connectivity index (χ3n) is 3.12. The summed E-state index contributed by atoms with van der Waals surface area (Å²) in [5.74, 6) is -3.82. The Kier molecular flexibility index (Phi) is 5.62. The van der Waals surface area contributed by atoms with Crippen molar-refractivity contribution in [3.63, 3.8) is 0 Å².